The molecule has 5 heteroatoms. The first-order valence-electron chi connectivity index (χ1n) is 9.05. The Morgan fingerprint density at radius 3 is 1.35 bits per heavy atom. The van der Waals surface area contributed by atoms with Gasteiger partial charge in [-0.25, -0.2) is 0 Å². The van der Waals surface area contributed by atoms with Gasteiger partial charge >= 0.3 is 0 Å². The molecule has 0 aliphatic carbocycles. The normalized spacial score (nSPS) is 36.8. The van der Waals surface area contributed by atoms with Gasteiger partial charge < -0.3 is 0 Å². The van der Waals surface area contributed by atoms with Crippen molar-refractivity contribution >= 4 is 27.7 Å². The first-order chi connectivity index (χ1) is 10.9. The third kappa shape index (κ3) is 2.73. The number of imide groups is 1. The highest BCUT2D eigenvalue weighted by Gasteiger charge is 2.50. The van der Waals surface area contributed by atoms with Crippen LogP contribution in [0.2, 0.25) is 0 Å². The Morgan fingerprint density at radius 2 is 1.09 bits per heavy atom. The summed E-state index contributed by atoms with van der Waals surface area (Å²) in [5.74, 6) is 0.126. The second-order valence-corrected chi connectivity index (χ2v) is 13.5. The van der Waals surface area contributed by atoms with Crippen molar-refractivity contribution in [3.63, 3.8) is 0 Å². The van der Waals surface area contributed by atoms with E-state index in [4.69, 9.17) is 0 Å². The SMILES string of the molecule is CCN1C(=O)C(P2[C@H](C)CC[C@H]2C)=C(P2[C@H](C)CC[C@H]2C)C1=O. The van der Waals surface area contributed by atoms with Gasteiger partial charge in [0.05, 0.1) is 10.6 Å². The Labute approximate surface area is 142 Å². The summed E-state index contributed by atoms with van der Waals surface area (Å²) in [4.78, 5) is 27.7. The summed E-state index contributed by atoms with van der Waals surface area (Å²) < 4.78 is 0. The molecule has 3 nitrogen and oxygen atoms in total. The molecule has 0 aromatic heterocycles. The fourth-order valence-corrected chi connectivity index (χ4v) is 11.8. The van der Waals surface area contributed by atoms with E-state index in [1.165, 1.54) is 30.6 Å². The molecule has 0 bridgehead atoms. The number of carbonyl (C=O) groups is 2. The smallest absolute Gasteiger partial charge is 0.262 e. The van der Waals surface area contributed by atoms with Crippen molar-refractivity contribution in [1.82, 2.24) is 4.90 Å². The first-order valence-corrected chi connectivity index (χ1v) is 12.0. The lowest BCUT2D eigenvalue weighted by Gasteiger charge is -2.26. The summed E-state index contributed by atoms with van der Waals surface area (Å²) in [6, 6.07) is 0. The van der Waals surface area contributed by atoms with E-state index in [9.17, 15) is 9.59 Å². The molecule has 128 valence electrons. The molecule has 2 fully saturated rings. The number of hydrogen-bond donors (Lipinski definition) is 0. The molecule has 3 rings (SSSR count). The minimum Gasteiger partial charge on any atom is -0.275 e. The second kappa shape index (κ2) is 6.57. The van der Waals surface area contributed by atoms with Crippen molar-refractivity contribution in [2.45, 2.75) is 82.9 Å². The molecule has 2 saturated heterocycles. The quantitative estimate of drug-likeness (QED) is 0.545. The van der Waals surface area contributed by atoms with Gasteiger partial charge in [-0.2, -0.15) is 0 Å². The molecule has 2 amide bonds. The minimum absolute atomic E-state index is 0.0630. The van der Waals surface area contributed by atoms with E-state index in [1.54, 1.807) is 0 Å². The zero-order valence-electron chi connectivity index (χ0n) is 15.0. The van der Waals surface area contributed by atoms with Crippen LogP contribution in [0.4, 0.5) is 0 Å². The number of carbonyl (C=O) groups excluding carboxylic acids is 2. The van der Waals surface area contributed by atoms with Crippen LogP contribution in [0.25, 0.3) is 0 Å². The van der Waals surface area contributed by atoms with Crippen LogP contribution in [-0.2, 0) is 9.59 Å². The predicted octanol–water partition coefficient (Wildman–Crippen LogP) is 4.69. The Kier molecular flexibility index (Phi) is 5.01. The molecular formula is C18H29NO2P2. The monoisotopic (exact) mass is 353 g/mol. The average molecular weight is 353 g/mol. The highest BCUT2D eigenvalue weighted by Crippen LogP contribution is 2.70. The Morgan fingerprint density at radius 1 is 0.783 bits per heavy atom. The predicted molar refractivity (Wildman–Crippen MR) is 99.6 cm³/mol. The maximum absolute atomic E-state index is 13.1. The van der Waals surface area contributed by atoms with Gasteiger partial charge in [0.2, 0.25) is 0 Å². The van der Waals surface area contributed by atoms with Gasteiger partial charge in [0.1, 0.15) is 0 Å². The van der Waals surface area contributed by atoms with Crippen molar-refractivity contribution in [1.29, 1.82) is 0 Å². The summed E-state index contributed by atoms with van der Waals surface area (Å²) in [6.45, 7) is 11.6. The van der Waals surface area contributed by atoms with E-state index in [1.807, 2.05) is 6.92 Å². The van der Waals surface area contributed by atoms with Gasteiger partial charge in [0.15, 0.2) is 0 Å². The summed E-state index contributed by atoms with van der Waals surface area (Å²) in [7, 11) is -0.953. The van der Waals surface area contributed by atoms with Crippen LogP contribution in [0.5, 0.6) is 0 Å². The molecule has 3 heterocycles. The first kappa shape index (κ1) is 17.6. The number of hydrogen-bond acceptors (Lipinski definition) is 2. The fourth-order valence-electron chi connectivity index (χ4n) is 4.57. The molecule has 0 N–H and O–H groups in total. The molecule has 0 aromatic rings. The van der Waals surface area contributed by atoms with Crippen molar-refractivity contribution in [3.05, 3.63) is 10.6 Å². The molecule has 3 aliphatic rings. The fraction of sp³-hybridized carbons (Fsp3) is 0.778. The van der Waals surface area contributed by atoms with E-state index in [2.05, 4.69) is 27.7 Å². The number of nitrogens with zero attached hydrogens (tertiary/aromatic N) is 1. The van der Waals surface area contributed by atoms with Crippen LogP contribution >= 0.6 is 15.8 Å². The van der Waals surface area contributed by atoms with Crippen molar-refractivity contribution in [2.75, 3.05) is 6.54 Å². The third-order valence-electron chi connectivity index (χ3n) is 5.86. The largest absolute Gasteiger partial charge is 0.275 e. The molecule has 23 heavy (non-hydrogen) atoms. The lowest BCUT2D eigenvalue weighted by molar-refractivity contribution is -0.136. The summed E-state index contributed by atoms with van der Waals surface area (Å²) in [6.07, 6.45) is 4.83. The lowest BCUT2D eigenvalue weighted by atomic mass is 10.2. The number of rotatable bonds is 3. The van der Waals surface area contributed by atoms with Crippen LogP contribution in [0.3, 0.4) is 0 Å². The Hall–Kier alpha value is -0.260. The number of amides is 2. The van der Waals surface area contributed by atoms with Crippen molar-refractivity contribution in [2.24, 2.45) is 0 Å². The van der Waals surface area contributed by atoms with E-state index >= 15 is 0 Å². The van der Waals surface area contributed by atoms with Crippen LogP contribution in [0.15, 0.2) is 10.6 Å². The van der Waals surface area contributed by atoms with Gasteiger partial charge in [-0.05, 0) is 55.2 Å². The van der Waals surface area contributed by atoms with Crippen molar-refractivity contribution < 1.29 is 9.59 Å². The maximum Gasteiger partial charge on any atom is 0.262 e. The van der Waals surface area contributed by atoms with Gasteiger partial charge in [-0.15, -0.1) is 0 Å². The molecule has 0 spiro atoms. The standard InChI is InChI=1S/C18H29NO2P2/c1-6-19-17(20)15(22-11(2)7-8-12(22)3)16(18(19)21)23-13(4)9-10-14(23)5/h11-14H,6-10H2,1-5H3/t11-,12-,13-,14-/m1/s1. The van der Waals surface area contributed by atoms with Gasteiger partial charge in [-0.1, -0.05) is 43.5 Å². The van der Waals surface area contributed by atoms with Crippen LogP contribution < -0.4 is 0 Å². The molecule has 0 aromatic carbocycles. The van der Waals surface area contributed by atoms with Crippen LogP contribution in [0.1, 0.15) is 60.3 Å². The molecule has 3 aliphatic heterocycles. The number of likely N-dealkylation sites (N-methyl/N-ethyl adjacent to an activating group) is 1. The Balaban J connectivity index is 2.11. The summed E-state index contributed by atoms with van der Waals surface area (Å²) in [5.41, 5.74) is 2.34. The highest BCUT2D eigenvalue weighted by atomic mass is 31.1. The molecule has 0 radical (unpaired) electrons. The van der Waals surface area contributed by atoms with Gasteiger partial charge in [0.25, 0.3) is 11.8 Å². The highest BCUT2D eigenvalue weighted by molar-refractivity contribution is 7.70. The average Bonchev–Trinajstić information content (AvgIpc) is 3.07. The zero-order chi connectivity index (χ0) is 16.9. The zero-order valence-corrected chi connectivity index (χ0v) is 16.8. The summed E-state index contributed by atoms with van der Waals surface area (Å²) in [5, 5.41) is 1.99. The second-order valence-electron chi connectivity index (χ2n) is 7.42. The van der Waals surface area contributed by atoms with E-state index in [-0.39, 0.29) is 11.8 Å². The van der Waals surface area contributed by atoms with Gasteiger partial charge in [-0.3, -0.25) is 14.5 Å². The minimum atomic E-state index is -0.477. The third-order valence-corrected chi connectivity index (χ3v) is 12.7. The van der Waals surface area contributed by atoms with Crippen molar-refractivity contribution in [3.8, 4) is 0 Å². The van der Waals surface area contributed by atoms with Gasteiger partial charge in [0, 0.05) is 6.54 Å². The molecule has 0 saturated carbocycles. The van der Waals surface area contributed by atoms with Crippen LogP contribution in [-0.4, -0.2) is 45.9 Å². The Bertz CT molecular complexity index is 493. The lowest BCUT2D eigenvalue weighted by Crippen LogP contribution is -2.31. The molecular weight excluding hydrogens is 324 g/mol. The molecule has 0 unspecified atom stereocenters. The molecule has 4 atom stereocenters. The maximum atomic E-state index is 13.1. The van der Waals surface area contributed by atoms with E-state index in [0.717, 1.165) is 10.6 Å². The van der Waals surface area contributed by atoms with E-state index in [0.29, 0.717) is 29.2 Å². The van der Waals surface area contributed by atoms with E-state index < -0.39 is 15.8 Å². The summed E-state index contributed by atoms with van der Waals surface area (Å²) >= 11 is 0. The van der Waals surface area contributed by atoms with Crippen LogP contribution in [0, 0.1) is 0 Å². The topological polar surface area (TPSA) is 37.4 Å².